The third kappa shape index (κ3) is 3.90. The number of aromatic hydroxyl groups is 1. The van der Waals surface area contributed by atoms with Gasteiger partial charge in [-0.2, -0.15) is 11.8 Å². The van der Waals surface area contributed by atoms with Crippen molar-refractivity contribution in [2.75, 3.05) is 18.1 Å². The number of thioether (sulfide) groups is 1. The minimum Gasteiger partial charge on any atom is -0.508 e. The summed E-state index contributed by atoms with van der Waals surface area (Å²) >= 11 is 1.68. The van der Waals surface area contributed by atoms with E-state index in [1.54, 1.807) is 40.9 Å². The maximum absolute atomic E-state index is 12.3. The summed E-state index contributed by atoms with van der Waals surface area (Å²) in [7, 11) is 0. The van der Waals surface area contributed by atoms with Crippen molar-refractivity contribution >= 4 is 23.6 Å². The zero-order chi connectivity index (χ0) is 14.5. The van der Waals surface area contributed by atoms with Gasteiger partial charge in [0.1, 0.15) is 5.75 Å². The number of hydrogen-bond acceptors (Lipinski definition) is 4. The molecule has 20 heavy (non-hydrogen) atoms. The summed E-state index contributed by atoms with van der Waals surface area (Å²) in [5, 5.41) is 18.3. The molecule has 2 N–H and O–H groups in total. The van der Waals surface area contributed by atoms with Gasteiger partial charge < -0.3 is 15.1 Å². The fourth-order valence-corrected chi connectivity index (χ4v) is 3.36. The van der Waals surface area contributed by atoms with E-state index in [1.807, 2.05) is 0 Å². The molecule has 1 aliphatic heterocycles. The van der Waals surface area contributed by atoms with Crippen molar-refractivity contribution < 1.29 is 19.8 Å². The van der Waals surface area contributed by atoms with Crippen molar-refractivity contribution in [1.29, 1.82) is 0 Å². The summed E-state index contributed by atoms with van der Waals surface area (Å²) in [6, 6.07) is 6.35. The van der Waals surface area contributed by atoms with E-state index in [9.17, 15) is 14.7 Å². The Morgan fingerprint density at radius 3 is 2.90 bits per heavy atom. The highest BCUT2D eigenvalue weighted by atomic mass is 32.2. The second-order valence-corrected chi connectivity index (χ2v) is 5.91. The van der Waals surface area contributed by atoms with Crippen molar-refractivity contribution in [2.24, 2.45) is 0 Å². The summed E-state index contributed by atoms with van der Waals surface area (Å²) in [4.78, 5) is 24.8. The van der Waals surface area contributed by atoms with Crippen LogP contribution >= 0.6 is 11.8 Å². The van der Waals surface area contributed by atoms with E-state index in [0.29, 0.717) is 12.3 Å². The van der Waals surface area contributed by atoms with Crippen LogP contribution in [0.25, 0.3) is 0 Å². The molecule has 6 heteroatoms. The summed E-state index contributed by atoms with van der Waals surface area (Å²) in [5.41, 5.74) is 0.738. The number of phenolic OH excluding ortho intramolecular Hbond substituents is 1. The molecule has 1 fully saturated rings. The zero-order valence-electron chi connectivity index (χ0n) is 11.0. The van der Waals surface area contributed by atoms with E-state index in [1.165, 1.54) is 0 Å². The second kappa shape index (κ2) is 6.65. The number of rotatable bonds is 4. The molecule has 5 nitrogen and oxygen atoms in total. The molecule has 0 aliphatic carbocycles. The smallest absolute Gasteiger partial charge is 0.305 e. The minimum absolute atomic E-state index is 0.0151. The Kier molecular flexibility index (Phi) is 4.89. The van der Waals surface area contributed by atoms with E-state index >= 15 is 0 Å². The van der Waals surface area contributed by atoms with Gasteiger partial charge in [-0.1, -0.05) is 12.1 Å². The number of carbonyl (C=O) groups excluding carboxylic acids is 1. The third-order valence-corrected chi connectivity index (χ3v) is 4.32. The first-order valence-electron chi connectivity index (χ1n) is 6.43. The molecule has 1 amide bonds. The molecule has 0 aromatic heterocycles. The molecule has 1 unspecified atom stereocenters. The fraction of sp³-hybridized carbons (Fsp3) is 0.429. The van der Waals surface area contributed by atoms with E-state index < -0.39 is 5.97 Å². The maximum atomic E-state index is 12.3. The SMILES string of the molecule is O=C(O)CC1CSCCN1C(=O)Cc1cccc(O)c1. The Balaban J connectivity index is 2.04. The van der Waals surface area contributed by atoms with Gasteiger partial charge in [0.2, 0.25) is 5.91 Å². The lowest BCUT2D eigenvalue weighted by molar-refractivity contribution is -0.140. The van der Waals surface area contributed by atoms with Crippen molar-refractivity contribution in [3.05, 3.63) is 29.8 Å². The van der Waals surface area contributed by atoms with E-state index in [4.69, 9.17) is 5.11 Å². The average Bonchev–Trinajstić information content (AvgIpc) is 2.38. The van der Waals surface area contributed by atoms with Crippen LogP contribution in [-0.4, -0.2) is 51.1 Å². The number of carbonyl (C=O) groups is 2. The number of carboxylic acid groups (broad SMARTS) is 1. The van der Waals surface area contributed by atoms with E-state index in [0.717, 1.165) is 11.3 Å². The first kappa shape index (κ1) is 14.7. The molecular formula is C14H17NO4S. The number of hydrogen-bond donors (Lipinski definition) is 2. The first-order valence-corrected chi connectivity index (χ1v) is 7.58. The average molecular weight is 295 g/mol. The highest BCUT2D eigenvalue weighted by molar-refractivity contribution is 7.99. The van der Waals surface area contributed by atoms with Gasteiger partial charge in [0, 0.05) is 18.1 Å². The Labute approximate surface area is 121 Å². The molecule has 0 spiro atoms. The number of benzene rings is 1. The molecule has 108 valence electrons. The van der Waals surface area contributed by atoms with Crippen LogP contribution in [0.15, 0.2) is 24.3 Å². The van der Waals surface area contributed by atoms with Crippen LogP contribution in [0, 0.1) is 0 Å². The van der Waals surface area contributed by atoms with Crippen molar-refractivity contribution in [2.45, 2.75) is 18.9 Å². The summed E-state index contributed by atoms with van der Waals surface area (Å²) in [6.07, 6.45) is 0.175. The number of nitrogens with zero attached hydrogens (tertiary/aromatic N) is 1. The normalized spacial score (nSPS) is 18.8. The van der Waals surface area contributed by atoms with Gasteiger partial charge in [0.15, 0.2) is 0 Å². The molecule has 1 aromatic carbocycles. The van der Waals surface area contributed by atoms with E-state index in [-0.39, 0.29) is 30.5 Å². The van der Waals surface area contributed by atoms with Gasteiger partial charge in [-0.05, 0) is 17.7 Å². The van der Waals surface area contributed by atoms with Gasteiger partial charge in [0.25, 0.3) is 0 Å². The zero-order valence-corrected chi connectivity index (χ0v) is 11.8. The van der Waals surface area contributed by atoms with Crippen LogP contribution in [0.3, 0.4) is 0 Å². The molecule has 1 heterocycles. The van der Waals surface area contributed by atoms with Crippen LogP contribution in [-0.2, 0) is 16.0 Å². The lowest BCUT2D eigenvalue weighted by Crippen LogP contribution is -2.47. The van der Waals surface area contributed by atoms with Gasteiger partial charge >= 0.3 is 5.97 Å². The summed E-state index contributed by atoms with van der Waals surface area (Å²) in [6.45, 7) is 0.584. The molecular weight excluding hydrogens is 278 g/mol. The monoisotopic (exact) mass is 295 g/mol. The minimum atomic E-state index is -0.882. The lowest BCUT2D eigenvalue weighted by atomic mass is 10.1. The Bertz CT molecular complexity index is 506. The second-order valence-electron chi connectivity index (χ2n) is 4.76. The van der Waals surface area contributed by atoms with Crippen molar-refractivity contribution in [3.63, 3.8) is 0 Å². The van der Waals surface area contributed by atoms with Crippen molar-refractivity contribution in [3.8, 4) is 5.75 Å². The largest absolute Gasteiger partial charge is 0.508 e. The third-order valence-electron chi connectivity index (χ3n) is 3.22. The summed E-state index contributed by atoms with van der Waals surface area (Å²) < 4.78 is 0. The molecule has 0 saturated carbocycles. The van der Waals surface area contributed by atoms with E-state index in [2.05, 4.69) is 0 Å². The molecule has 0 bridgehead atoms. The number of amides is 1. The maximum Gasteiger partial charge on any atom is 0.305 e. The number of carboxylic acids is 1. The van der Waals surface area contributed by atoms with Crippen LogP contribution in [0.4, 0.5) is 0 Å². The number of phenols is 1. The molecule has 1 saturated heterocycles. The Morgan fingerprint density at radius 2 is 2.20 bits per heavy atom. The predicted molar refractivity (Wildman–Crippen MR) is 76.9 cm³/mol. The van der Waals surface area contributed by atoms with Gasteiger partial charge in [-0.15, -0.1) is 0 Å². The van der Waals surface area contributed by atoms with Crippen LogP contribution in [0.2, 0.25) is 0 Å². The molecule has 0 radical (unpaired) electrons. The first-order chi connectivity index (χ1) is 9.56. The number of aliphatic carboxylic acids is 1. The highest BCUT2D eigenvalue weighted by Gasteiger charge is 2.28. The topological polar surface area (TPSA) is 77.8 Å². The summed E-state index contributed by atoms with van der Waals surface area (Å²) in [5.74, 6) is 0.668. The Morgan fingerprint density at radius 1 is 1.40 bits per heavy atom. The van der Waals surface area contributed by atoms with Crippen LogP contribution < -0.4 is 0 Å². The quantitative estimate of drug-likeness (QED) is 0.877. The molecule has 1 aliphatic rings. The van der Waals surface area contributed by atoms with Gasteiger partial charge in [-0.3, -0.25) is 9.59 Å². The van der Waals surface area contributed by atoms with Crippen LogP contribution in [0.5, 0.6) is 5.75 Å². The fourth-order valence-electron chi connectivity index (χ4n) is 2.30. The highest BCUT2D eigenvalue weighted by Crippen LogP contribution is 2.21. The molecule has 1 aromatic rings. The predicted octanol–water partition coefficient (Wildman–Crippen LogP) is 1.35. The lowest BCUT2D eigenvalue weighted by Gasteiger charge is -2.34. The van der Waals surface area contributed by atoms with Gasteiger partial charge in [-0.25, -0.2) is 0 Å². The standard InChI is InChI=1S/C14H17NO4S/c16-12-3-1-2-10(6-12)7-13(17)15-4-5-20-9-11(15)8-14(18)19/h1-3,6,11,16H,4-5,7-9H2,(H,18,19). The van der Waals surface area contributed by atoms with Crippen molar-refractivity contribution in [1.82, 2.24) is 4.90 Å². The molecule has 2 rings (SSSR count). The van der Waals surface area contributed by atoms with Gasteiger partial charge in [0.05, 0.1) is 18.9 Å². The van der Waals surface area contributed by atoms with Crippen LogP contribution in [0.1, 0.15) is 12.0 Å². The Hall–Kier alpha value is -1.69. The molecule has 1 atom stereocenters.